The Morgan fingerprint density at radius 2 is 1.83 bits per heavy atom. The topological polar surface area (TPSA) is 81.1 Å². The van der Waals surface area contributed by atoms with E-state index in [2.05, 4.69) is 10.4 Å². The number of benzene rings is 1. The molecule has 0 saturated carbocycles. The molecular weight excluding hydrogens is 314 g/mol. The summed E-state index contributed by atoms with van der Waals surface area (Å²) in [5, 5.41) is 6.75. The van der Waals surface area contributed by atoms with Crippen LogP contribution in [0.1, 0.15) is 26.3 Å². The fourth-order valence-corrected chi connectivity index (χ4v) is 3.23. The van der Waals surface area contributed by atoms with Gasteiger partial charge in [0.15, 0.2) is 9.84 Å². The number of aromatic nitrogens is 2. The Labute approximate surface area is 136 Å². The summed E-state index contributed by atoms with van der Waals surface area (Å²) in [6.45, 7) is 4.98. The first-order valence-corrected chi connectivity index (χ1v) is 8.70. The maximum absolute atomic E-state index is 12.3. The highest BCUT2D eigenvalue weighted by Crippen LogP contribution is 2.25. The molecular formula is C16H21N3O3S. The number of aryl methyl sites for hydroxylation is 1. The highest BCUT2D eigenvalue weighted by molar-refractivity contribution is 7.92. The Bertz CT molecular complexity index is 800. The lowest BCUT2D eigenvalue weighted by molar-refractivity contribution is -0.115. The number of amides is 1. The van der Waals surface area contributed by atoms with Crippen molar-refractivity contribution >= 4 is 21.4 Å². The monoisotopic (exact) mass is 335 g/mol. The minimum Gasteiger partial charge on any atom is -0.326 e. The predicted molar refractivity (Wildman–Crippen MR) is 88.9 cm³/mol. The molecule has 1 amide bonds. The van der Waals surface area contributed by atoms with Crippen molar-refractivity contribution < 1.29 is 13.2 Å². The molecule has 2 rings (SSSR count). The van der Waals surface area contributed by atoms with Crippen molar-refractivity contribution in [2.45, 2.75) is 36.8 Å². The normalized spacial score (nSPS) is 12.2. The van der Waals surface area contributed by atoms with E-state index in [0.29, 0.717) is 5.69 Å². The van der Waals surface area contributed by atoms with Crippen molar-refractivity contribution in [1.82, 2.24) is 9.78 Å². The van der Waals surface area contributed by atoms with Gasteiger partial charge in [-0.25, -0.2) is 8.42 Å². The van der Waals surface area contributed by atoms with Gasteiger partial charge in [0.2, 0.25) is 5.91 Å². The van der Waals surface area contributed by atoms with Gasteiger partial charge in [-0.15, -0.1) is 0 Å². The van der Waals surface area contributed by atoms with Crippen LogP contribution in [0.3, 0.4) is 0 Å². The standard InChI is InChI=1S/C16H21N3O3S/c1-16(2,3)23(21,22)14-7-5-13(6-8-14)18-15(20)9-12-10-17-19(4)11-12/h5-8,10-11H,9H2,1-4H3,(H,18,20). The van der Waals surface area contributed by atoms with E-state index in [1.807, 2.05) is 0 Å². The number of anilines is 1. The quantitative estimate of drug-likeness (QED) is 0.928. The van der Waals surface area contributed by atoms with E-state index in [9.17, 15) is 13.2 Å². The van der Waals surface area contributed by atoms with Crippen molar-refractivity contribution in [3.05, 3.63) is 42.2 Å². The summed E-state index contributed by atoms with van der Waals surface area (Å²) >= 11 is 0. The molecule has 0 radical (unpaired) electrons. The highest BCUT2D eigenvalue weighted by atomic mass is 32.2. The number of nitrogens with zero attached hydrogens (tertiary/aromatic N) is 2. The molecule has 7 heteroatoms. The number of hydrogen-bond donors (Lipinski definition) is 1. The van der Waals surface area contributed by atoms with Gasteiger partial charge in [-0.05, 0) is 50.6 Å². The molecule has 0 aliphatic rings. The molecule has 0 fully saturated rings. The maximum Gasteiger partial charge on any atom is 0.228 e. The minimum atomic E-state index is -3.39. The molecule has 1 N–H and O–H groups in total. The second-order valence-electron chi connectivity index (χ2n) is 6.39. The van der Waals surface area contributed by atoms with E-state index in [1.54, 1.807) is 57.0 Å². The third-order valence-corrected chi connectivity index (χ3v) is 5.88. The SMILES string of the molecule is Cn1cc(CC(=O)Nc2ccc(S(=O)(=O)C(C)(C)C)cc2)cn1. The van der Waals surface area contributed by atoms with Crippen molar-refractivity contribution in [1.29, 1.82) is 0 Å². The summed E-state index contributed by atoms with van der Waals surface area (Å²) in [7, 11) is -1.60. The smallest absolute Gasteiger partial charge is 0.228 e. The number of sulfone groups is 1. The molecule has 1 aromatic heterocycles. The number of hydrogen-bond acceptors (Lipinski definition) is 4. The van der Waals surface area contributed by atoms with Crippen LogP contribution in [0.4, 0.5) is 5.69 Å². The first-order chi connectivity index (χ1) is 10.6. The van der Waals surface area contributed by atoms with E-state index in [1.165, 1.54) is 12.1 Å². The number of carbonyl (C=O) groups excluding carboxylic acids is 1. The third kappa shape index (κ3) is 3.98. The summed E-state index contributed by atoms with van der Waals surface area (Å²) in [5.74, 6) is -0.176. The van der Waals surface area contributed by atoms with Gasteiger partial charge < -0.3 is 5.32 Å². The number of rotatable bonds is 4. The molecule has 6 nitrogen and oxygen atoms in total. The molecule has 1 aromatic carbocycles. The average Bonchev–Trinajstić information content (AvgIpc) is 2.83. The van der Waals surface area contributed by atoms with Crippen molar-refractivity contribution in [3.8, 4) is 0 Å². The second kappa shape index (κ2) is 6.16. The van der Waals surface area contributed by atoms with Crippen LogP contribution in [0.5, 0.6) is 0 Å². The van der Waals surface area contributed by atoms with Crippen molar-refractivity contribution in [2.75, 3.05) is 5.32 Å². The van der Waals surface area contributed by atoms with Gasteiger partial charge in [0.1, 0.15) is 0 Å². The highest BCUT2D eigenvalue weighted by Gasteiger charge is 2.30. The minimum absolute atomic E-state index is 0.176. The fraction of sp³-hybridized carbons (Fsp3) is 0.375. The molecule has 0 spiro atoms. The van der Waals surface area contributed by atoms with Crippen LogP contribution in [-0.2, 0) is 28.1 Å². The van der Waals surface area contributed by atoms with Crippen LogP contribution in [0.2, 0.25) is 0 Å². The summed E-state index contributed by atoms with van der Waals surface area (Å²) in [5.41, 5.74) is 1.38. The van der Waals surface area contributed by atoms with E-state index in [4.69, 9.17) is 0 Å². The Balaban J connectivity index is 2.07. The zero-order chi connectivity index (χ0) is 17.3. The summed E-state index contributed by atoms with van der Waals surface area (Å²) < 4.78 is 25.4. The molecule has 0 aliphatic heterocycles. The fourth-order valence-electron chi connectivity index (χ4n) is 2.02. The third-order valence-electron chi connectivity index (χ3n) is 3.38. The molecule has 124 valence electrons. The lowest BCUT2D eigenvalue weighted by Gasteiger charge is -2.19. The van der Waals surface area contributed by atoms with Gasteiger partial charge in [-0.1, -0.05) is 0 Å². The zero-order valence-corrected chi connectivity index (χ0v) is 14.5. The Kier molecular flexibility index (Phi) is 4.61. The van der Waals surface area contributed by atoms with Gasteiger partial charge in [0, 0.05) is 18.9 Å². The lowest BCUT2D eigenvalue weighted by atomic mass is 10.2. The number of nitrogens with one attached hydrogen (secondary N) is 1. The second-order valence-corrected chi connectivity index (χ2v) is 9.09. The maximum atomic E-state index is 12.3. The molecule has 1 heterocycles. The number of carbonyl (C=O) groups is 1. The molecule has 0 saturated heterocycles. The van der Waals surface area contributed by atoms with Crippen molar-refractivity contribution in [3.63, 3.8) is 0 Å². The van der Waals surface area contributed by atoms with Crippen LogP contribution in [0.15, 0.2) is 41.6 Å². The van der Waals surface area contributed by atoms with Gasteiger partial charge in [0.05, 0.1) is 22.3 Å². The van der Waals surface area contributed by atoms with Gasteiger partial charge >= 0.3 is 0 Å². The predicted octanol–water partition coefficient (Wildman–Crippen LogP) is 2.17. The van der Waals surface area contributed by atoms with E-state index in [0.717, 1.165) is 5.56 Å². The van der Waals surface area contributed by atoms with E-state index in [-0.39, 0.29) is 17.2 Å². The Morgan fingerprint density at radius 1 is 1.22 bits per heavy atom. The van der Waals surface area contributed by atoms with Crippen LogP contribution < -0.4 is 5.32 Å². The molecule has 23 heavy (non-hydrogen) atoms. The zero-order valence-electron chi connectivity index (χ0n) is 13.7. The van der Waals surface area contributed by atoms with Crippen LogP contribution in [-0.4, -0.2) is 28.9 Å². The molecule has 2 aromatic rings. The van der Waals surface area contributed by atoms with Crippen LogP contribution >= 0.6 is 0 Å². The van der Waals surface area contributed by atoms with Crippen LogP contribution in [0, 0.1) is 0 Å². The van der Waals surface area contributed by atoms with Gasteiger partial charge in [-0.3, -0.25) is 9.48 Å². The van der Waals surface area contributed by atoms with Crippen molar-refractivity contribution in [2.24, 2.45) is 7.05 Å². The molecule has 0 aliphatic carbocycles. The van der Waals surface area contributed by atoms with Gasteiger partial charge in [0.25, 0.3) is 0 Å². The average molecular weight is 335 g/mol. The van der Waals surface area contributed by atoms with E-state index < -0.39 is 14.6 Å². The molecule has 0 atom stereocenters. The first-order valence-electron chi connectivity index (χ1n) is 7.22. The van der Waals surface area contributed by atoms with Crippen LogP contribution in [0.25, 0.3) is 0 Å². The Morgan fingerprint density at radius 3 is 2.30 bits per heavy atom. The summed E-state index contributed by atoms with van der Waals surface area (Å²) in [6, 6.07) is 6.22. The lowest BCUT2D eigenvalue weighted by Crippen LogP contribution is -2.27. The molecule has 0 bridgehead atoms. The summed E-state index contributed by atoms with van der Waals surface area (Å²) in [6.07, 6.45) is 3.63. The Hall–Kier alpha value is -2.15. The molecule has 0 unspecified atom stereocenters. The van der Waals surface area contributed by atoms with E-state index >= 15 is 0 Å². The van der Waals surface area contributed by atoms with Gasteiger partial charge in [-0.2, -0.15) is 5.10 Å². The summed E-state index contributed by atoms with van der Waals surface area (Å²) in [4.78, 5) is 12.2. The largest absolute Gasteiger partial charge is 0.326 e. The first kappa shape index (κ1) is 17.2.